The lowest BCUT2D eigenvalue weighted by Gasteiger charge is -2.23. The lowest BCUT2D eigenvalue weighted by molar-refractivity contribution is -0.869. The molecular weight excluding hydrogens is 190 g/mol. The molecule has 3 nitrogen and oxygen atoms in total. The number of quaternary nitrogens is 1. The first-order valence-electron chi connectivity index (χ1n) is 5.01. The predicted molar refractivity (Wildman–Crippen MR) is 60.0 cm³/mol. The van der Waals surface area contributed by atoms with Crippen molar-refractivity contribution in [3.05, 3.63) is 29.8 Å². The smallest absolute Gasteiger partial charge is 0.168 e. The van der Waals surface area contributed by atoms with Gasteiger partial charge < -0.3 is 9.59 Å². The number of nitrogens with zero attached hydrogens (tertiary/aromatic N) is 1. The SMILES string of the molecule is C[N+](C)(C)CCC(=O)c1ccc(O)cc1. The van der Waals surface area contributed by atoms with E-state index in [0.717, 1.165) is 11.0 Å². The lowest BCUT2D eigenvalue weighted by Crippen LogP contribution is -2.36. The number of phenolic OH excluding ortho intramolecular Hbond substituents is 1. The fraction of sp³-hybridized carbons (Fsp3) is 0.417. The predicted octanol–water partition coefficient (Wildman–Crippen LogP) is 1.67. The van der Waals surface area contributed by atoms with Gasteiger partial charge in [0.2, 0.25) is 0 Å². The molecular formula is C12H18NO2+. The van der Waals surface area contributed by atoms with Gasteiger partial charge in [0.15, 0.2) is 5.78 Å². The number of rotatable bonds is 4. The summed E-state index contributed by atoms with van der Waals surface area (Å²) in [6.07, 6.45) is 0.536. The van der Waals surface area contributed by atoms with Crippen molar-refractivity contribution in [3.63, 3.8) is 0 Å². The van der Waals surface area contributed by atoms with Crippen molar-refractivity contribution < 1.29 is 14.4 Å². The van der Waals surface area contributed by atoms with E-state index in [1.807, 2.05) is 0 Å². The summed E-state index contributed by atoms with van der Waals surface area (Å²) >= 11 is 0. The van der Waals surface area contributed by atoms with E-state index < -0.39 is 0 Å². The van der Waals surface area contributed by atoms with Gasteiger partial charge in [0.1, 0.15) is 5.75 Å². The standard InChI is InChI=1S/C12H17NO2/c1-13(2,3)9-8-12(15)10-4-6-11(14)7-5-10/h4-7H,8-9H2,1-3H3/p+1. The summed E-state index contributed by atoms with van der Waals surface area (Å²) in [6.45, 7) is 0.819. The highest BCUT2D eigenvalue weighted by Crippen LogP contribution is 2.11. The molecule has 1 aromatic rings. The Morgan fingerprint density at radius 2 is 1.73 bits per heavy atom. The highest BCUT2D eigenvalue weighted by Gasteiger charge is 2.12. The second-order valence-electron chi connectivity index (χ2n) is 4.73. The number of ketones is 1. The van der Waals surface area contributed by atoms with Gasteiger partial charge in [0.05, 0.1) is 34.1 Å². The van der Waals surface area contributed by atoms with E-state index in [4.69, 9.17) is 5.11 Å². The average molecular weight is 208 g/mol. The maximum absolute atomic E-state index is 11.7. The normalized spacial score (nSPS) is 11.4. The van der Waals surface area contributed by atoms with Crippen molar-refractivity contribution in [2.75, 3.05) is 27.7 Å². The number of phenols is 1. The van der Waals surface area contributed by atoms with Gasteiger partial charge in [-0.2, -0.15) is 0 Å². The van der Waals surface area contributed by atoms with Gasteiger partial charge in [-0.05, 0) is 24.3 Å². The summed E-state index contributed by atoms with van der Waals surface area (Å²) in [5, 5.41) is 9.08. The van der Waals surface area contributed by atoms with Crippen LogP contribution in [-0.4, -0.2) is 43.1 Å². The largest absolute Gasteiger partial charge is 0.508 e. The second kappa shape index (κ2) is 4.45. The molecule has 0 aliphatic heterocycles. The van der Waals surface area contributed by atoms with E-state index in [-0.39, 0.29) is 11.5 Å². The number of aromatic hydroxyl groups is 1. The molecule has 0 atom stereocenters. The molecule has 0 bridgehead atoms. The van der Waals surface area contributed by atoms with E-state index in [0.29, 0.717) is 12.0 Å². The minimum absolute atomic E-state index is 0.128. The number of carbonyl (C=O) groups is 1. The Labute approximate surface area is 90.5 Å². The van der Waals surface area contributed by atoms with Gasteiger partial charge in [-0.15, -0.1) is 0 Å². The highest BCUT2D eigenvalue weighted by molar-refractivity contribution is 5.96. The number of hydrogen-bond acceptors (Lipinski definition) is 2. The summed E-state index contributed by atoms with van der Waals surface area (Å²) in [5.41, 5.74) is 0.668. The lowest BCUT2D eigenvalue weighted by atomic mass is 10.1. The minimum atomic E-state index is 0.128. The summed E-state index contributed by atoms with van der Waals surface area (Å²) in [6, 6.07) is 6.40. The average Bonchev–Trinajstić information content (AvgIpc) is 2.14. The molecule has 0 amide bonds. The minimum Gasteiger partial charge on any atom is -0.508 e. The third-order valence-corrected chi connectivity index (χ3v) is 2.20. The van der Waals surface area contributed by atoms with E-state index in [1.54, 1.807) is 24.3 Å². The molecule has 0 unspecified atom stereocenters. The Kier molecular flexibility index (Phi) is 3.48. The fourth-order valence-electron chi connectivity index (χ4n) is 1.23. The third kappa shape index (κ3) is 4.13. The Bertz CT molecular complexity index is 336. The van der Waals surface area contributed by atoms with Crippen LogP contribution in [0.5, 0.6) is 5.75 Å². The Morgan fingerprint density at radius 1 is 1.20 bits per heavy atom. The first-order valence-corrected chi connectivity index (χ1v) is 5.01. The van der Waals surface area contributed by atoms with Crippen LogP contribution in [0.2, 0.25) is 0 Å². The number of benzene rings is 1. The van der Waals surface area contributed by atoms with Crippen LogP contribution in [0.1, 0.15) is 16.8 Å². The molecule has 0 heterocycles. The summed E-state index contributed by atoms with van der Waals surface area (Å²) in [7, 11) is 6.18. The zero-order chi connectivity index (χ0) is 11.5. The zero-order valence-corrected chi connectivity index (χ0v) is 9.53. The van der Waals surface area contributed by atoms with Crippen molar-refractivity contribution in [2.45, 2.75) is 6.42 Å². The molecule has 0 saturated heterocycles. The van der Waals surface area contributed by atoms with Crippen LogP contribution in [0, 0.1) is 0 Å². The van der Waals surface area contributed by atoms with Gasteiger partial charge in [-0.25, -0.2) is 0 Å². The zero-order valence-electron chi connectivity index (χ0n) is 9.53. The van der Waals surface area contributed by atoms with Crippen molar-refractivity contribution in [1.29, 1.82) is 0 Å². The summed E-state index contributed by atoms with van der Waals surface area (Å²) in [5.74, 6) is 0.321. The Morgan fingerprint density at radius 3 is 2.20 bits per heavy atom. The fourth-order valence-corrected chi connectivity index (χ4v) is 1.23. The van der Waals surface area contributed by atoms with Gasteiger partial charge in [-0.3, -0.25) is 4.79 Å². The molecule has 0 aliphatic carbocycles. The Hall–Kier alpha value is -1.35. The second-order valence-corrected chi connectivity index (χ2v) is 4.73. The number of Topliss-reactive ketones (excluding diaryl/α,β-unsaturated/α-hetero) is 1. The van der Waals surface area contributed by atoms with Crippen molar-refractivity contribution >= 4 is 5.78 Å². The molecule has 1 N–H and O–H groups in total. The molecule has 0 aliphatic rings. The quantitative estimate of drug-likeness (QED) is 0.603. The van der Waals surface area contributed by atoms with E-state index in [9.17, 15) is 4.79 Å². The van der Waals surface area contributed by atoms with Crippen LogP contribution < -0.4 is 0 Å². The van der Waals surface area contributed by atoms with Crippen molar-refractivity contribution in [2.24, 2.45) is 0 Å². The van der Waals surface area contributed by atoms with Crippen molar-refractivity contribution in [3.8, 4) is 5.75 Å². The molecule has 0 fully saturated rings. The van der Waals surface area contributed by atoms with Gasteiger partial charge in [-0.1, -0.05) is 0 Å². The molecule has 0 saturated carbocycles. The first-order chi connectivity index (χ1) is 6.88. The molecule has 3 heteroatoms. The Balaban J connectivity index is 2.58. The molecule has 82 valence electrons. The van der Waals surface area contributed by atoms with Gasteiger partial charge in [0.25, 0.3) is 0 Å². The van der Waals surface area contributed by atoms with Crippen LogP contribution in [-0.2, 0) is 0 Å². The van der Waals surface area contributed by atoms with Crippen LogP contribution in [0.3, 0.4) is 0 Å². The summed E-state index contributed by atoms with van der Waals surface area (Å²) < 4.78 is 0.782. The molecule has 1 aromatic carbocycles. The van der Waals surface area contributed by atoms with Crippen LogP contribution in [0.15, 0.2) is 24.3 Å². The maximum atomic E-state index is 11.7. The monoisotopic (exact) mass is 208 g/mol. The topological polar surface area (TPSA) is 37.3 Å². The third-order valence-electron chi connectivity index (χ3n) is 2.20. The van der Waals surface area contributed by atoms with Gasteiger partial charge >= 0.3 is 0 Å². The number of carbonyl (C=O) groups excluding carboxylic acids is 1. The van der Waals surface area contributed by atoms with E-state index in [1.165, 1.54) is 0 Å². The summed E-state index contributed by atoms with van der Waals surface area (Å²) in [4.78, 5) is 11.7. The van der Waals surface area contributed by atoms with E-state index in [2.05, 4.69) is 21.1 Å². The molecule has 1 rings (SSSR count). The molecule has 15 heavy (non-hydrogen) atoms. The maximum Gasteiger partial charge on any atom is 0.168 e. The molecule has 0 spiro atoms. The van der Waals surface area contributed by atoms with Gasteiger partial charge in [0, 0.05) is 5.56 Å². The number of hydrogen-bond donors (Lipinski definition) is 1. The van der Waals surface area contributed by atoms with Crippen LogP contribution in [0.25, 0.3) is 0 Å². The first kappa shape index (κ1) is 11.7. The highest BCUT2D eigenvalue weighted by atomic mass is 16.3. The molecule has 0 aromatic heterocycles. The van der Waals surface area contributed by atoms with Crippen LogP contribution >= 0.6 is 0 Å². The molecule has 0 radical (unpaired) electrons. The van der Waals surface area contributed by atoms with E-state index >= 15 is 0 Å². The van der Waals surface area contributed by atoms with Crippen LogP contribution in [0.4, 0.5) is 0 Å². The van der Waals surface area contributed by atoms with Crippen molar-refractivity contribution in [1.82, 2.24) is 0 Å².